The van der Waals surface area contributed by atoms with Gasteiger partial charge < -0.3 is 15.0 Å². The van der Waals surface area contributed by atoms with Gasteiger partial charge in [-0.05, 0) is 74.7 Å². The third-order valence-electron chi connectivity index (χ3n) is 8.04. The second-order valence-corrected chi connectivity index (χ2v) is 11.5. The van der Waals surface area contributed by atoms with Gasteiger partial charge in [0.2, 0.25) is 0 Å². The zero-order valence-corrected chi connectivity index (χ0v) is 26.3. The van der Waals surface area contributed by atoms with E-state index in [0.29, 0.717) is 36.8 Å². The maximum absolute atomic E-state index is 13.0. The SMILES string of the molecule is CN1CCC[C@@H]1c1cc2cnc(NC(=O)c3ccc(-c4cnn(CCCC#Cc5cccc(C(=O)OC(=O)C(F)(F)F)n5)c4)cc3)cc2[nH]1. The molecule has 0 bridgehead atoms. The van der Waals surface area contributed by atoms with Gasteiger partial charge in [-0.15, -0.1) is 0 Å². The van der Waals surface area contributed by atoms with Gasteiger partial charge in [-0.25, -0.2) is 19.6 Å². The number of esters is 2. The first-order valence-corrected chi connectivity index (χ1v) is 15.5. The largest absolute Gasteiger partial charge is 0.491 e. The summed E-state index contributed by atoms with van der Waals surface area (Å²) >= 11 is 0. The molecule has 1 aliphatic heterocycles. The van der Waals surface area contributed by atoms with Gasteiger partial charge in [-0.2, -0.15) is 18.3 Å². The summed E-state index contributed by atoms with van der Waals surface area (Å²) in [6.07, 6.45) is 3.45. The fraction of sp³-hybridized carbons (Fsp3) is 0.257. The fourth-order valence-corrected chi connectivity index (χ4v) is 5.53. The third kappa shape index (κ3) is 8.02. The number of halogens is 3. The van der Waals surface area contributed by atoms with E-state index < -0.39 is 23.8 Å². The number of aryl methyl sites for hydroxylation is 1. The molecular weight excluding hydrogens is 639 g/mol. The molecule has 4 aromatic heterocycles. The van der Waals surface area contributed by atoms with Gasteiger partial charge in [-0.3, -0.25) is 14.4 Å². The standard InChI is InChI=1S/C35H30F3N7O4/c1-44-15-6-10-30(44)29-17-24-19-39-31(18-28(24)42-29)43-32(46)23-13-11-22(12-14-23)25-20-40-45(21-25)16-4-2-3-7-26-8-5-9-27(41-26)33(47)49-34(48)35(36,37)38/h5,8-9,11-14,17-21,30,42H,2,4,6,10,15-16H2,1H3,(H,39,43,46)/t30-/m1/s1. The first kappa shape index (κ1) is 33.1. The monoisotopic (exact) mass is 669 g/mol. The van der Waals surface area contributed by atoms with Gasteiger partial charge in [-0.1, -0.05) is 24.1 Å². The van der Waals surface area contributed by atoms with E-state index in [0.717, 1.165) is 46.8 Å². The molecule has 2 N–H and O–H groups in total. The van der Waals surface area contributed by atoms with Crippen molar-refractivity contribution < 1.29 is 32.3 Å². The molecule has 1 atom stereocenters. The van der Waals surface area contributed by atoms with E-state index in [4.69, 9.17) is 0 Å². The predicted molar refractivity (Wildman–Crippen MR) is 173 cm³/mol. The Balaban J connectivity index is 0.990. The molecule has 0 aliphatic carbocycles. The van der Waals surface area contributed by atoms with Gasteiger partial charge in [0, 0.05) is 59.7 Å². The third-order valence-corrected chi connectivity index (χ3v) is 8.04. The minimum absolute atomic E-state index is 0.145. The van der Waals surface area contributed by atoms with Gasteiger partial charge in [0.1, 0.15) is 17.2 Å². The number of rotatable bonds is 8. The minimum Gasteiger partial charge on any atom is -0.381 e. The van der Waals surface area contributed by atoms with Gasteiger partial charge in [0.25, 0.3) is 5.91 Å². The zero-order chi connectivity index (χ0) is 34.5. The molecule has 14 heteroatoms. The van der Waals surface area contributed by atoms with Crippen LogP contribution in [0.4, 0.5) is 19.0 Å². The minimum atomic E-state index is -5.29. The number of unbranched alkanes of at least 4 members (excludes halogenated alkanes) is 1. The van der Waals surface area contributed by atoms with Gasteiger partial charge in [0.15, 0.2) is 0 Å². The van der Waals surface area contributed by atoms with Crippen LogP contribution in [0, 0.1) is 11.8 Å². The van der Waals surface area contributed by atoms with Crippen molar-refractivity contribution in [3.8, 4) is 23.0 Å². The Morgan fingerprint density at radius 3 is 2.65 bits per heavy atom. The number of hydrogen-bond acceptors (Lipinski definition) is 8. The molecule has 6 rings (SSSR count). The molecule has 49 heavy (non-hydrogen) atoms. The summed E-state index contributed by atoms with van der Waals surface area (Å²) in [5.74, 6) is 1.72. The second kappa shape index (κ2) is 14.1. The summed E-state index contributed by atoms with van der Waals surface area (Å²) in [6.45, 7) is 1.64. The lowest BCUT2D eigenvalue weighted by molar-refractivity contribution is -0.193. The van der Waals surface area contributed by atoms with Crippen molar-refractivity contribution in [3.05, 3.63) is 95.8 Å². The van der Waals surface area contributed by atoms with Crippen molar-refractivity contribution in [1.29, 1.82) is 0 Å². The highest BCUT2D eigenvalue weighted by molar-refractivity contribution is 6.04. The van der Waals surface area contributed by atoms with Crippen LogP contribution >= 0.6 is 0 Å². The highest BCUT2D eigenvalue weighted by Gasteiger charge is 2.42. The normalized spacial score (nSPS) is 14.7. The molecular formula is C35H30F3N7O4. The van der Waals surface area contributed by atoms with Crippen LogP contribution in [0.5, 0.6) is 0 Å². The summed E-state index contributed by atoms with van der Waals surface area (Å²) in [5.41, 5.74) is 4.02. The summed E-state index contributed by atoms with van der Waals surface area (Å²) in [7, 11) is 2.13. The number of benzene rings is 1. The average Bonchev–Trinajstić information content (AvgIpc) is 3.84. The number of H-pyrrole nitrogens is 1. The van der Waals surface area contributed by atoms with Crippen LogP contribution in [0.15, 0.2) is 73.2 Å². The van der Waals surface area contributed by atoms with E-state index >= 15 is 0 Å². The molecule has 11 nitrogen and oxygen atoms in total. The van der Waals surface area contributed by atoms with Crippen molar-refractivity contribution in [1.82, 2.24) is 29.6 Å². The number of anilines is 1. The number of pyridine rings is 2. The Labute approximate surface area is 278 Å². The number of nitrogens with one attached hydrogen (secondary N) is 2. The number of ether oxygens (including phenoxy) is 1. The Morgan fingerprint density at radius 1 is 1.08 bits per heavy atom. The number of aromatic amines is 1. The van der Waals surface area contributed by atoms with E-state index in [9.17, 15) is 27.6 Å². The smallest absolute Gasteiger partial charge is 0.381 e. The van der Waals surface area contributed by atoms with Crippen LogP contribution in [0.25, 0.3) is 22.0 Å². The molecule has 0 spiro atoms. The number of amides is 1. The lowest BCUT2D eigenvalue weighted by Gasteiger charge is -2.17. The van der Waals surface area contributed by atoms with Gasteiger partial charge in [0.05, 0.1) is 11.7 Å². The van der Waals surface area contributed by atoms with E-state index in [2.05, 4.69) is 60.0 Å². The maximum Gasteiger partial charge on any atom is 0.491 e. The molecule has 1 saturated heterocycles. The van der Waals surface area contributed by atoms with Crippen LogP contribution in [0.1, 0.15) is 64.0 Å². The van der Waals surface area contributed by atoms with E-state index in [1.807, 2.05) is 24.4 Å². The Hall–Kier alpha value is -5.81. The number of fused-ring (bicyclic) bond motifs is 1. The van der Waals surface area contributed by atoms with Crippen LogP contribution in [-0.2, 0) is 16.1 Å². The van der Waals surface area contributed by atoms with Crippen LogP contribution in [-0.4, -0.2) is 67.2 Å². The lowest BCUT2D eigenvalue weighted by atomic mass is 10.1. The number of hydrogen-bond donors (Lipinski definition) is 2. The zero-order valence-electron chi connectivity index (χ0n) is 26.3. The highest BCUT2D eigenvalue weighted by atomic mass is 19.4. The topological polar surface area (TPSA) is 135 Å². The first-order valence-electron chi connectivity index (χ1n) is 15.5. The number of carbonyl (C=O) groups is 3. The predicted octanol–water partition coefficient (Wildman–Crippen LogP) is 5.92. The first-order chi connectivity index (χ1) is 23.5. The van der Waals surface area contributed by atoms with Crippen molar-refractivity contribution in [2.24, 2.45) is 0 Å². The number of carbonyl (C=O) groups excluding carboxylic acids is 3. The van der Waals surface area contributed by atoms with E-state index in [1.165, 1.54) is 18.6 Å². The summed E-state index contributed by atoms with van der Waals surface area (Å²) < 4.78 is 42.6. The van der Waals surface area contributed by atoms with Crippen molar-refractivity contribution in [2.45, 2.75) is 44.4 Å². The number of aromatic nitrogens is 5. The lowest BCUT2D eigenvalue weighted by Crippen LogP contribution is -2.28. The highest BCUT2D eigenvalue weighted by Crippen LogP contribution is 2.32. The second-order valence-electron chi connectivity index (χ2n) is 11.5. The molecule has 1 aromatic carbocycles. The van der Waals surface area contributed by atoms with Crippen molar-refractivity contribution in [2.75, 3.05) is 18.9 Å². The Kier molecular flexibility index (Phi) is 9.54. The molecule has 5 aromatic rings. The van der Waals surface area contributed by atoms with Crippen molar-refractivity contribution >= 4 is 34.6 Å². The Bertz CT molecular complexity index is 2080. The summed E-state index contributed by atoms with van der Waals surface area (Å²) in [5, 5.41) is 8.28. The molecule has 1 amide bonds. The summed E-state index contributed by atoms with van der Waals surface area (Å²) in [6, 6.07) is 15.5. The Morgan fingerprint density at radius 2 is 1.90 bits per heavy atom. The number of likely N-dealkylation sites (tertiary alicyclic amines) is 1. The van der Waals surface area contributed by atoms with Crippen molar-refractivity contribution in [3.63, 3.8) is 0 Å². The molecule has 0 saturated carbocycles. The molecule has 1 aliphatic rings. The van der Waals surface area contributed by atoms with Crippen LogP contribution in [0.3, 0.4) is 0 Å². The quantitative estimate of drug-likeness (QED) is 0.0901. The fourth-order valence-electron chi connectivity index (χ4n) is 5.53. The van der Waals surface area contributed by atoms with Gasteiger partial charge >= 0.3 is 18.1 Å². The molecule has 5 heterocycles. The summed E-state index contributed by atoms with van der Waals surface area (Å²) in [4.78, 5) is 49.8. The van der Waals surface area contributed by atoms with Crippen LogP contribution in [0.2, 0.25) is 0 Å². The van der Waals surface area contributed by atoms with E-state index in [-0.39, 0.29) is 11.6 Å². The number of alkyl halides is 3. The molecule has 1 fully saturated rings. The molecule has 0 unspecified atom stereocenters. The molecule has 0 radical (unpaired) electrons. The maximum atomic E-state index is 13.0. The van der Waals surface area contributed by atoms with E-state index in [1.54, 1.807) is 29.2 Å². The number of nitrogens with zero attached hydrogens (tertiary/aromatic N) is 5. The molecule has 250 valence electrons. The average molecular weight is 670 g/mol. The van der Waals surface area contributed by atoms with Crippen LogP contribution < -0.4 is 5.32 Å².